The van der Waals surface area contributed by atoms with Crippen LogP contribution in [0, 0.1) is 6.92 Å². The number of aryl methyl sites for hydroxylation is 1. The third kappa shape index (κ3) is 3.53. The molecule has 0 aromatic heterocycles. The quantitative estimate of drug-likeness (QED) is 0.732. The van der Waals surface area contributed by atoms with Crippen LogP contribution < -0.4 is 5.32 Å². The lowest BCUT2D eigenvalue weighted by atomic mass is 10.1. The molecule has 0 bridgehead atoms. The summed E-state index contributed by atoms with van der Waals surface area (Å²) in [6.45, 7) is 1.88. The number of thiol groups is 1. The van der Waals surface area contributed by atoms with Crippen LogP contribution in [0.15, 0.2) is 45.8 Å². The van der Waals surface area contributed by atoms with Gasteiger partial charge in [0.2, 0.25) is 0 Å². The van der Waals surface area contributed by atoms with Crippen LogP contribution >= 0.6 is 40.2 Å². The van der Waals surface area contributed by atoms with Gasteiger partial charge in [-0.25, -0.2) is 0 Å². The Morgan fingerprint density at radius 3 is 2.74 bits per heavy atom. The van der Waals surface area contributed by atoms with E-state index < -0.39 is 0 Å². The summed E-state index contributed by atoms with van der Waals surface area (Å²) in [5.41, 5.74) is 2.13. The Morgan fingerprint density at radius 2 is 2.00 bits per heavy atom. The second-order valence-electron chi connectivity index (χ2n) is 4.08. The van der Waals surface area contributed by atoms with Crippen molar-refractivity contribution in [2.45, 2.75) is 11.8 Å². The number of halogens is 2. The minimum atomic E-state index is -0.184. The maximum absolute atomic E-state index is 12.2. The fourth-order valence-corrected chi connectivity index (χ4v) is 2.36. The third-order valence-electron chi connectivity index (χ3n) is 2.64. The number of amides is 1. The van der Waals surface area contributed by atoms with Gasteiger partial charge in [-0.05, 0) is 58.7 Å². The zero-order valence-corrected chi connectivity index (χ0v) is 13.3. The Kier molecular flexibility index (Phi) is 4.55. The molecule has 2 nitrogen and oxygen atoms in total. The van der Waals surface area contributed by atoms with Crippen molar-refractivity contribution < 1.29 is 4.79 Å². The van der Waals surface area contributed by atoms with E-state index in [1.165, 1.54) is 0 Å². The maximum Gasteiger partial charge on any atom is 0.256 e. The summed E-state index contributed by atoms with van der Waals surface area (Å²) in [7, 11) is 0. The molecule has 0 saturated carbocycles. The average Bonchev–Trinajstić information content (AvgIpc) is 2.36. The molecular formula is C14H11BrClNOS. The van der Waals surface area contributed by atoms with Crippen LogP contribution in [0.4, 0.5) is 5.69 Å². The number of hydrogen-bond donors (Lipinski definition) is 2. The minimum absolute atomic E-state index is 0.184. The molecule has 2 aromatic carbocycles. The third-order valence-corrected chi connectivity index (χ3v) is 3.85. The van der Waals surface area contributed by atoms with Gasteiger partial charge in [-0.2, -0.15) is 0 Å². The molecule has 1 amide bonds. The highest BCUT2D eigenvalue weighted by atomic mass is 79.9. The molecule has 1 N–H and O–H groups in total. The lowest BCUT2D eigenvalue weighted by molar-refractivity contribution is 0.102. The van der Waals surface area contributed by atoms with Crippen molar-refractivity contribution in [2.75, 3.05) is 5.32 Å². The molecule has 19 heavy (non-hydrogen) atoms. The van der Waals surface area contributed by atoms with Crippen molar-refractivity contribution in [1.82, 2.24) is 0 Å². The number of carbonyl (C=O) groups excluding carboxylic acids is 1. The first-order valence-corrected chi connectivity index (χ1v) is 7.15. The van der Waals surface area contributed by atoms with Crippen LogP contribution in [0.25, 0.3) is 0 Å². The predicted octanol–water partition coefficient (Wildman–Crippen LogP) is 4.95. The molecule has 0 unspecified atom stereocenters. The summed E-state index contributed by atoms with van der Waals surface area (Å²) >= 11 is 13.5. The molecule has 0 radical (unpaired) electrons. The van der Waals surface area contributed by atoms with E-state index in [0.717, 1.165) is 14.9 Å². The van der Waals surface area contributed by atoms with E-state index in [2.05, 4.69) is 33.9 Å². The van der Waals surface area contributed by atoms with Gasteiger partial charge in [-0.1, -0.05) is 17.7 Å². The van der Waals surface area contributed by atoms with Crippen LogP contribution in [0.1, 0.15) is 15.9 Å². The molecule has 5 heteroatoms. The van der Waals surface area contributed by atoms with Gasteiger partial charge in [-0.15, -0.1) is 12.6 Å². The zero-order valence-electron chi connectivity index (χ0n) is 10.1. The highest BCUT2D eigenvalue weighted by Gasteiger charge is 2.11. The van der Waals surface area contributed by atoms with E-state index >= 15 is 0 Å². The summed E-state index contributed by atoms with van der Waals surface area (Å²) in [6.07, 6.45) is 0. The zero-order chi connectivity index (χ0) is 14.0. The molecule has 0 atom stereocenters. The van der Waals surface area contributed by atoms with E-state index in [4.69, 9.17) is 11.6 Å². The van der Waals surface area contributed by atoms with Gasteiger partial charge in [-0.3, -0.25) is 4.79 Å². The molecular weight excluding hydrogens is 346 g/mol. The van der Waals surface area contributed by atoms with Crippen molar-refractivity contribution in [2.24, 2.45) is 0 Å². The van der Waals surface area contributed by atoms with Crippen LogP contribution in [0.5, 0.6) is 0 Å². The topological polar surface area (TPSA) is 29.1 Å². The first-order chi connectivity index (χ1) is 8.97. The number of anilines is 1. The Balaban J connectivity index is 2.30. The number of carbonyl (C=O) groups is 1. The molecule has 0 aliphatic heterocycles. The molecule has 98 valence electrons. The highest BCUT2D eigenvalue weighted by molar-refractivity contribution is 9.10. The maximum atomic E-state index is 12.2. The predicted molar refractivity (Wildman–Crippen MR) is 85.5 cm³/mol. The van der Waals surface area contributed by atoms with Crippen LogP contribution in [-0.4, -0.2) is 5.91 Å². The van der Waals surface area contributed by atoms with Gasteiger partial charge in [0.15, 0.2) is 0 Å². The molecule has 0 heterocycles. The Bertz CT molecular complexity index is 645. The summed E-state index contributed by atoms with van der Waals surface area (Å²) in [4.78, 5) is 13.0. The first-order valence-electron chi connectivity index (χ1n) is 5.53. The SMILES string of the molecule is Cc1ccc(S)cc1C(=O)Nc1cc(Cl)ccc1Br. The number of nitrogens with one attached hydrogen (secondary N) is 1. The number of rotatable bonds is 2. The van der Waals surface area contributed by atoms with E-state index in [-0.39, 0.29) is 5.91 Å². The second-order valence-corrected chi connectivity index (χ2v) is 5.88. The largest absolute Gasteiger partial charge is 0.321 e. The Morgan fingerprint density at radius 1 is 1.26 bits per heavy atom. The van der Waals surface area contributed by atoms with E-state index in [1.54, 1.807) is 24.3 Å². The van der Waals surface area contributed by atoms with E-state index in [9.17, 15) is 4.79 Å². The lowest BCUT2D eigenvalue weighted by Crippen LogP contribution is -2.13. The van der Waals surface area contributed by atoms with Crippen molar-refractivity contribution in [3.8, 4) is 0 Å². The molecule has 0 saturated heterocycles. The van der Waals surface area contributed by atoms with Crippen molar-refractivity contribution >= 4 is 51.8 Å². The summed E-state index contributed by atoms with van der Waals surface area (Å²) in [5.74, 6) is -0.184. The fourth-order valence-electron chi connectivity index (χ4n) is 1.64. The number of benzene rings is 2. The van der Waals surface area contributed by atoms with Gasteiger partial charge in [0, 0.05) is 20.0 Å². The van der Waals surface area contributed by atoms with E-state index in [1.807, 2.05) is 19.1 Å². The summed E-state index contributed by atoms with van der Waals surface area (Å²) in [5, 5.41) is 3.40. The Labute approximate surface area is 130 Å². The monoisotopic (exact) mass is 355 g/mol. The molecule has 0 spiro atoms. The van der Waals surface area contributed by atoms with Gasteiger partial charge in [0.1, 0.15) is 0 Å². The van der Waals surface area contributed by atoms with Crippen molar-refractivity contribution in [1.29, 1.82) is 0 Å². The van der Waals surface area contributed by atoms with E-state index in [0.29, 0.717) is 16.3 Å². The summed E-state index contributed by atoms with van der Waals surface area (Å²) < 4.78 is 0.782. The number of hydrogen-bond acceptors (Lipinski definition) is 2. The minimum Gasteiger partial charge on any atom is -0.321 e. The van der Waals surface area contributed by atoms with Gasteiger partial charge < -0.3 is 5.32 Å². The molecule has 2 aromatic rings. The standard InChI is InChI=1S/C14H11BrClNOS/c1-8-2-4-10(19)7-11(8)14(18)17-13-6-9(16)3-5-12(13)15/h2-7,19H,1H3,(H,17,18). The van der Waals surface area contributed by atoms with Crippen LogP contribution in [-0.2, 0) is 0 Å². The van der Waals surface area contributed by atoms with Crippen LogP contribution in [0.2, 0.25) is 5.02 Å². The Hall–Kier alpha value is -0.970. The fraction of sp³-hybridized carbons (Fsp3) is 0.0714. The normalized spacial score (nSPS) is 10.3. The van der Waals surface area contributed by atoms with Crippen molar-refractivity contribution in [3.05, 3.63) is 57.0 Å². The average molecular weight is 357 g/mol. The highest BCUT2D eigenvalue weighted by Crippen LogP contribution is 2.26. The van der Waals surface area contributed by atoms with Gasteiger partial charge >= 0.3 is 0 Å². The molecule has 0 fully saturated rings. The molecule has 0 aliphatic rings. The first kappa shape index (κ1) is 14.4. The smallest absolute Gasteiger partial charge is 0.256 e. The van der Waals surface area contributed by atoms with Gasteiger partial charge in [0.05, 0.1) is 5.69 Å². The second kappa shape index (κ2) is 5.99. The van der Waals surface area contributed by atoms with Gasteiger partial charge in [0.25, 0.3) is 5.91 Å². The molecule has 2 rings (SSSR count). The van der Waals surface area contributed by atoms with Crippen molar-refractivity contribution in [3.63, 3.8) is 0 Å². The van der Waals surface area contributed by atoms with Crippen LogP contribution in [0.3, 0.4) is 0 Å². The molecule has 0 aliphatic carbocycles. The summed E-state index contributed by atoms with van der Waals surface area (Å²) in [6, 6.07) is 10.7. The lowest BCUT2D eigenvalue weighted by Gasteiger charge is -2.10.